The molecule has 1 heterocycles. The van der Waals surface area contributed by atoms with Gasteiger partial charge in [-0.3, -0.25) is 0 Å². The molecule has 0 aromatic carbocycles. The van der Waals surface area contributed by atoms with E-state index in [1.54, 1.807) is 0 Å². The minimum atomic E-state index is 0.767. The van der Waals surface area contributed by atoms with Gasteiger partial charge in [0.2, 0.25) is 0 Å². The van der Waals surface area contributed by atoms with Gasteiger partial charge in [0.25, 0.3) is 0 Å². The number of hydrogen-bond acceptors (Lipinski definition) is 1. The van der Waals surface area contributed by atoms with Crippen molar-refractivity contribution in [3.8, 4) is 0 Å². The zero-order chi connectivity index (χ0) is 6.69. The fourth-order valence-electron chi connectivity index (χ4n) is 1.67. The Bertz CT molecular complexity index is 80.6. The Morgan fingerprint density at radius 2 is 2.33 bits per heavy atom. The van der Waals surface area contributed by atoms with Gasteiger partial charge in [-0.1, -0.05) is 13.3 Å². The highest BCUT2D eigenvalue weighted by molar-refractivity contribution is 4.75. The topological polar surface area (TPSA) is 12.0 Å². The molecule has 0 amide bonds. The van der Waals surface area contributed by atoms with E-state index in [9.17, 15) is 0 Å². The van der Waals surface area contributed by atoms with Crippen LogP contribution in [0.3, 0.4) is 0 Å². The van der Waals surface area contributed by atoms with Gasteiger partial charge in [0.1, 0.15) is 0 Å². The highest BCUT2D eigenvalue weighted by atomic mass is 14.9. The van der Waals surface area contributed by atoms with Crippen molar-refractivity contribution < 1.29 is 0 Å². The third kappa shape index (κ3) is 1.68. The molecule has 0 spiro atoms. The lowest BCUT2D eigenvalue weighted by molar-refractivity contribution is 0.289. The molecule has 0 aromatic rings. The Balaban J connectivity index is 2.30. The summed E-state index contributed by atoms with van der Waals surface area (Å²) in [6.45, 7) is 5.82. The molecule has 1 nitrogen and oxygen atoms in total. The summed E-state index contributed by atoms with van der Waals surface area (Å²) >= 11 is 0. The molecule has 1 aliphatic rings. The third-order valence-electron chi connectivity index (χ3n) is 2.45. The quantitative estimate of drug-likeness (QED) is 0.566. The second-order valence-electron chi connectivity index (χ2n) is 3.05. The number of piperidine rings is 1. The van der Waals surface area contributed by atoms with Crippen molar-refractivity contribution in [1.82, 2.24) is 5.32 Å². The molecule has 1 N–H and O–H groups in total. The molecule has 9 heavy (non-hydrogen) atoms. The lowest BCUT2D eigenvalue weighted by Crippen LogP contribution is -2.38. The van der Waals surface area contributed by atoms with Crippen LogP contribution in [0.4, 0.5) is 0 Å². The van der Waals surface area contributed by atoms with Crippen LogP contribution in [0.25, 0.3) is 0 Å². The predicted molar refractivity (Wildman–Crippen MR) is 40.5 cm³/mol. The maximum Gasteiger partial charge on any atom is 0.00669 e. The van der Waals surface area contributed by atoms with Gasteiger partial charge in [-0.2, -0.15) is 0 Å². The van der Waals surface area contributed by atoms with E-state index in [1.165, 1.54) is 25.8 Å². The first-order valence-electron chi connectivity index (χ1n) is 4.08. The summed E-state index contributed by atoms with van der Waals surface area (Å²) in [6.07, 6.45) is 4.15. The van der Waals surface area contributed by atoms with Crippen LogP contribution in [0.5, 0.6) is 0 Å². The summed E-state index contributed by atoms with van der Waals surface area (Å²) in [5, 5.41) is 3.48. The molecule has 0 radical (unpaired) electrons. The van der Waals surface area contributed by atoms with Crippen LogP contribution in [0.15, 0.2) is 0 Å². The van der Waals surface area contributed by atoms with Crippen LogP contribution in [-0.2, 0) is 0 Å². The smallest absolute Gasteiger partial charge is 0.00669 e. The lowest BCUT2D eigenvalue weighted by Gasteiger charge is -2.28. The Morgan fingerprint density at radius 3 is 2.78 bits per heavy atom. The standard InChI is InChI=1S/C8H17N/c1-3-8-5-4-6-9-7(8)2/h7-9H,3-6H2,1-2H3. The highest BCUT2D eigenvalue weighted by Gasteiger charge is 2.17. The van der Waals surface area contributed by atoms with Crippen molar-refractivity contribution in [3.05, 3.63) is 0 Å². The Morgan fingerprint density at radius 1 is 1.56 bits per heavy atom. The molecule has 0 saturated carbocycles. The van der Waals surface area contributed by atoms with Gasteiger partial charge in [-0.05, 0) is 32.2 Å². The van der Waals surface area contributed by atoms with E-state index in [2.05, 4.69) is 19.2 Å². The van der Waals surface area contributed by atoms with Crippen LogP contribution in [-0.4, -0.2) is 12.6 Å². The van der Waals surface area contributed by atoms with Gasteiger partial charge in [0, 0.05) is 6.04 Å². The minimum absolute atomic E-state index is 0.767. The van der Waals surface area contributed by atoms with E-state index in [0.29, 0.717) is 0 Å². The second-order valence-corrected chi connectivity index (χ2v) is 3.05. The van der Waals surface area contributed by atoms with Gasteiger partial charge in [-0.25, -0.2) is 0 Å². The van der Waals surface area contributed by atoms with Crippen molar-refractivity contribution in [1.29, 1.82) is 0 Å². The van der Waals surface area contributed by atoms with Gasteiger partial charge < -0.3 is 5.32 Å². The molecule has 1 fully saturated rings. The Kier molecular flexibility index (Phi) is 2.52. The number of nitrogens with one attached hydrogen (secondary N) is 1. The van der Waals surface area contributed by atoms with Crippen molar-refractivity contribution >= 4 is 0 Å². The Hall–Kier alpha value is -0.0400. The van der Waals surface area contributed by atoms with E-state index in [-0.39, 0.29) is 0 Å². The molecule has 2 atom stereocenters. The predicted octanol–water partition coefficient (Wildman–Crippen LogP) is 1.78. The summed E-state index contributed by atoms with van der Waals surface area (Å²) in [4.78, 5) is 0. The summed E-state index contributed by atoms with van der Waals surface area (Å²) in [5.41, 5.74) is 0. The first-order chi connectivity index (χ1) is 4.34. The summed E-state index contributed by atoms with van der Waals surface area (Å²) in [5.74, 6) is 0.943. The van der Waals surface area contributed by atoms with E-state index in [0.717, 1.165) is 12.0 Å². The van der Waals surface area contributed by atoms with Gasteiger partial charge in [-0.15, -0.1) is 0 Å². The van der Waals surface area contributed by atoms with Crippen LogP contribution in [0, 0.1) is 5.92 Å². The average Bonchev–Trinajstić information content (AvgIpc) is 1.89. The molecular formula is C8H17N. The van der Waals surface area contributed by atoms with Crippen molar-refractivity contribution in [2.45, 2.75) is 39.2 Å². The van der Waals surface area contributed by atoms with Crippen LogP contribution < -0.4 is 5.32 Å². The van der Waals surface area contributed by atoms with E-state index in [1.807, 2.05) is 0 Å². The third-order valence-corrected chi connectivity index (χ3v) is 2.45. The lowest BCUT2D eigenvalue weighted by atomic mass is 9.90. The maximum absolute atomic E-state index is 3.48. The SMILES string of the molecule is CCC1CCCNC1C. The largest absolute Gasteiger partial charge is 0.314 e. The summed E-state index contributed by atoms with van der Waals surface area (Å²) in [6, 6.07) is 0.767. The molecule has 0 aliphatic carbocycles. The molecule has 1 heteroatoms. The average molecular weight is 127 g/mol. The molecule has 2 unspecified atom stereocenters. The molecule has 0 aromatic heterocycles. The van der Waals surface area contributed by atoms with E-state index in [4.69, 9.17) is 0 Å². The van der Waals surface area contributed by atoms with Crippen LogP contribution >= 0.6 is 0 Å². The molecular weight excluding hydrogens is 110 g/mol. The Labute approximate surface area is 57.8 Å². The van der Waals surface area contributed by atoms with Crippen molar-refractivity contribution in [3.63, 3.8) is 0 Å². The van der Waals surface area contributed by atoms with Gasteiger partial charge in [0.15, 0.2) is 0 Å². The molecule has 0 bridgehead atoms. The van der Waals surface area contributed by atoms with Crippen LogP contribution in [0.1, 0.15) is 33.1 Å². The monoisotopic (exact) mass is 127 g/mol. The number of rotatable bonds is 1. The zero-order valence-corrected chi connectivity index (χ0v) is 6.48. The van der Waals surface area contributed by atoms with Crippen molar-refractivity contribution in [2.75, 3.05) is 6.54 Å². The molecule has 1 rings (SSSR count). The molecule has 1 aliphatic heterocycles. The van der Waals surface area contributed by atoms with Crippen LogP contribution in [0.2, 0.25) is 0 Å². The second kappa shape index (κ2) is 3.21. The summed E-state index contributed by atoms with van der Waals surface area (Å²) < 4.78 is 0. The van der Waals surface area contributed by atoms with Gasteiger partial charge >= 0.3 is 0 Å². The number of hydrogen-bond donors (Lipinski definition) is 1. The maximum atomic E-state index is 3.48. The molecule has 1 saturated heterocycles. The summed E-state index contributed by atoms with van der Waals surface area (Å²) in [7, 11) is 0. The minimum Gasteiger partial charge on any atom is -0.314 e. The normalized spacial score (nSPS) is 36.7. The van der Waals surface area contributed by atoms with Gasteiger partial charge in [0.05, 0.1) is 0 Å². The first-order valence-corrected chi connectivity index (χ1v) is 4.08. The molecule has 54 valence electrons. The zero-order valence-electron chi connectivity index (χ0n) is 6.48. The fraction of sp³-hybridized carbons (Fsp3) is 1.00. The van der Waals surface area contributed by atoms with E-state index >= 15 is 0 Å². The first kappa shape index (κ1) is 7.07. The van der Waals surface area contributed by atoms with E-state index < -0.39 is 0 Å². The fourth-order valence-corrected chi connectivity index (χ4v) is 1.67. The van der Waals surface area contributed by atoms with Crippen molar-refractivity contribution in [2.24, 2.45) is 5.92 Å². The highest BCUT2D eigenvalue weighted by Crippen LogP contribution is 2.18.